The quantitative estimate of drug-likeness (QED) is 0.784. The number of hydrogen-bond donors (Lipinski definition) is 0. The number of rotatable bonds is 5. The first-order valence-electron chi connectivity index (χ1n) is 7.00. The van der Waals surface area contributed by atoms with Crippen LogP contribution in [0.5, 0.6) is 0 Å². The first-order valence-corrected chi connectivity index (χ1v) is 8.82. The van der Waals surface area contributed by atoms with Gasteiger partial charge in [0.2, 0.25) is 0 Å². The van der Waals surface area contributed by atoms with Crippen molar-refractivity contribution in [2.75, 3.05) is 12.9 Å². The summed E-state index contributed by atoms with van der Waals surface area (Å²) in [5.74, 6) is -0.200. The Hall–Kier alpha value is -0.940. The monoisotopic (exact) mass is 300 g/mol. The summed E-state index contributed by atoms with van der Waals surface area (Å²) < 4.78 is 42.1. The Balaban J connectivity index is 2.38. The summed E-state index contributed by atoms with van der Waals surface area (Å²) >= 11 is 0. The predicted molar refractivity (Wildman–Crippen MR) is 76.7 cm³/mol. The van der Waals surface area contributed by atoms with Crippen LogP contribution in [0.15, 0.2) is 18.2 Å². The highest BCUT2D eigenvalue weighted by molar-refractivity contribution is 7.85. The lowest BCUT2D eigenvalue weighted by Crippen LogP contribution is -2.31. The topological polar surface area (TPSA) is 43.4 Å². The normalized spacial score (nSPS) is 18.4. The molecule has 2 rings (SSSR count). The van der Waals surface area contributed by atoms with E-state index in [9.17, 15) is 12.8 Å². The van der Waals surface area contributed by atoms with Gasteiger partial charge in [-0.1, -0.05) is 38.0 Å². The highest BCUT2D eigenvalue weighted by Crippen LogP contribution is 2.43. The Labute approximate surface area is 120 Å². The van der Waals surface area contributed by atoms with Gasteiger partial charge in [-0.15, -0.1) is 0 Å². The second-order valence-electron chi connectivity index (χ2n) is 5.59. The zero-order chi connectivity index (χ0) is 14.8. The van der Waals surface area contributed by atoms with Gasteiger partial charge in [-0.2, -0.15) is 8.42 Å². The molecule has 0 aliphatic heterocycles. The lowest BCUT2D eigenvalue weighted by Gasteiger charge is -2.29. The molecule has 0 saturated heterocycles. The van der Waals surface area contributed by atoms with Crippen LogP contribution in [0.3, 0.4) is 0 Å². The third-order valence-corrected chi connectivity index (χ3v) is 4.69. The molecule has 1 aliphatic carbocycles. The van der Waals surface area contributed by atoms with Crippen LogP contribution in [0, 0.1) is 5.82 Å². The average molecular weight is 300 g/mol. The van der Waals surface area contributed by atoms with E-state index < -0.39 is 15.5 Å². The summed E-state index contributed by atoms with van der Waals surface area (Å²) in [5, 5.41) is 0. The van der Waals surface area contributed by atoms with E-state index in [1.165, 1.54) is 0 Å². The molecule has 1 aromatic carbocycles. The first kappa shape index (κ1) is 15.4. The van der Waals surface area contributed by atoms with E-state index in [-0.39, 0.29) is 12.4 Å². The highest BCUT2D eigenvalue weighted by Gasteiger charge is 2.39. The molecular weight excluding hydrogens is 279 g/mol. The molecule has 0 heterocycles. The van der Waals surface area contributed by atoms with Crippen LogP contribution in [0.25, 0.3) is 0 Å². The maximum absolute atomic E-state index is 14.6. The van der Waals surface area contributed by atoms with Crippen molar-refractivity contribution in [1.82, 2.24) is 0 Å². The fourth-order valence-corrected chi connectivity index (χ4v) is 3.47. The third kappa shape index (κ3) is 3.20. The molecule has 112 valence electrons. The Morgan fingerprint density at radius 3 is 2.50 bits per heavy atom. The molecule has 0 radical (unpaired) electrons. The summed E-state index contributed by atoms with van der Waals surface area (Å²) in [6, 6.07) is 5.39. The summed E-state index contributed by atoms with van der Waals surface area (Å²) in [4.78, 5) is 0. The first-order chi connectivity index (χ1) is 9.38. The van der Waals surface area contributed by atoms with Crippen LogP contribution in [0.4, 0.5) is 4.39 Å². The van der Waals surface area contributed by atoms with Crippen molar-refractivity contribution < 1.29 is 17.0 Å². The average Bonchev–Trinajstić information content (AvgIpc) is 2.86. The van der Waals surface area contributed by atoms with Crippen LogP contribution in [-0.4, -0.2) is 21.3 Å². The zero-order valence-electron chi connectivity index (χ0n) is 12.0. The highest BCUT2D eigenvalue weighted by atomic mass is 32.2. The van der Waals surface area contributed by atoms with E-state index in [2.05, 4.69) is 0 Å². The minimum Gasteiger partial charge on any atom is -0.269 e. The molecule has 1 fully saturated rings. The molecule has 0 amide bonds. The molecule has 5 heteroatoms. The maximum atomic E-state index is 14.6. The van der Waals surface area contributed by atoms with Gasteiger partial charge in [0.15, 0.2) is 0 Å². The molecule has 0 N–H and O–H groups in total. The van der Waals surface area contributed by atoms with E-state index in [0.29, 0.717) is 17.5 Å². The van der Waals surface area contributed by atoms with Gasteiger partial charge in [0.05, 0.1) is 12.9 Å². The van der Waals surface area contributed by atoms with E-state index in [1.54, 1.807) is 12.1 Å². The largest absolute Gasteiger partial charge is 0.269 e. The van der Waals surface area contributed by atoms with Gasteiger partial charge in [-0.3, -0.25) is 4.18 Å². The maximum Gasteiger partial charge on any atom is 0.264 e. The van der Waals surface area contributed by atoms with E-state index >= 15 is 0 Å². The molecule has 0 aromatic heterocycles. The zero-order valence-corrected chi connectivity index (χ0v) is 12.8. The molecule has 3 nitrogen and oxygen atoms in total. The standard InChI is InChI=1S/C15H21FO3S/c1-3-12-7-6-8-13(14(12)16)15(9-4-5-10-15)11-19-20(2,17)18/h6-8H,3-5,9-11H2,1-2H3. The summed E-state index contributed by atoms with van der Waals surface area (Å²) in [6.07, 6.45) is 5.15. The lowest BCUT2D eigenvalue weighted by molar-refractivity contribution is 0.220. The molecular formula is C15H21FO3S. The minimum absolute atomic E-state index is 0.0376. The van der Waals surface area contributed by atoms with E-state index in [4.69, 9.17) is 4.18 Å². The van der Waals surface area contributed by atoms with Gasteiger partial charge in [0.25, 0.3) is 10.1 Å². The number of aryl methyl sites for hydroxylation is 1. The molecule has 1 aromatic rings. The summed E-state index contributed by atoms with van der Waals surface area (Å²) in [6.45, 7) is 1.95. The molecule has 1 saturated carbocycles. The van der Waals surface area contributed by atoms with Gasteiger partial charge in [-0.05, 0) is 30.4 Å². The molecule has 0 unspecified atom stereocenters. The minimum atomic E-state index is -3.51. The Morgan fingerprint density at radius 1 is 1.30 bits per heavy atom. The Bertz CT molecular complexity index is 575. The van der Waals surface area contributed by atoms with Crippen molar-refractivity contribution in [2.24, 2.45) is 0 Å². The number of benzene rings is 1. The smallest absolute Gasteiger partial charge is 0.264 e. The van der Waals surface area contributed by atoms with Crippen LogP contribution in [0.2, 0.25) is 0 Å². The molecule has 0 spiro atoms. The van der Waals surface area contributed by atoms with Gasteiger partial charge >= 0.3 is 0 Å². The van der Waals surface area contributed by atoms with Gasteiger partial charge in [0.1, 0.15) is 5.82 Å². The van der Waals surface area contributed by atoms with Crippen LogP contribution in [0.1, 0.15) is 43.7 Å². The number of hydrogen-bond acceptors (Lipinski definition) is 3. The molecule has 0 atom stereocenters. The van der Waals surface area contributed by atoms with Crippen molar-refractivity contribution in [3.63, 3.8) is 0 Å². The van der Waals surface area contributed by atoms with Crippen LogP contribution >= 0.6 is 0 Å². The van der Waals surface area contributed by atoms with E-state index in [1.807, 2.05) is 13.0 Å². The predicted octanol–water partition coefficient (Wildman–Crippen LogP) is 3.18. The van der Waals surface area contributed by atoms with Crippen molar-refractivity contribution in [1.29, 1.82) is 0 Å². The van der Waals surface area contributed by atoms with E-state index in [0.717, 1.165) is 31.9 Å². The Kier molecular flexibility index (Phi) is 4.49. The van der Waals surface area contributed by atoms with Crippen LogP contribution in [-0.2, 0) is 26.1 Å². The van der Waals surface area contributed by atoms with Gasteiger partial charge in [0, 0.05) is 5.41 Å². The van der Waals surface area contributed by atoms with Crippen LogP contribution < -0.4 is 0 Å². The third-order valence-electron chi connectivity index (χ3n) is 4.14. The molecule has 1 aliphatic rings. The van der Waals surface area contributed by atoms with Gasteiger partial charge in [-0.25, -0.2) is 4.39 Å². The molecule has 0 bridgehead atoms. The SMILES string of the molecule is CCc1cccc(C2(COS(C)(=O)=O)CCCC2)c1F. The second-order valence-corrected chi connectivity index (χ2v) is 7.23. The fourth-order valence-electron chi connectivity index (χ4n) is 3.03. The van der Waals surface area contributed by atoms with Crippen molar-refractivity contribution in [2.45, 2.75) is 44.4 Å². The van der Waals surface area contributed by atoms with Crippen molar-refractivity contribution in [3.8, 4) is 0 Å². The van der Waals surface area contributed by atoms with Gasteiger partial charge < -0.3 is 0 Å². The van der Waals surface area contributed by atoms with Crippen molar-refractivity contribution >= 4 is 10.1 Å². The second kappa shape index (κ2) is 5.82. The molecule has 20 heavy (non-hydrogen) atoms. The number of halogens is 1. The Morgan fingerprint density at radius 2 is 1.95 bits per heavy atom. The fraction of sp³-hybridized carbons (Fsp3) is 0.600. The summed E-state index contributed by atoms with van der Waals surface area (Å²) in [5.41, 5.74) is 0.782. The summed E-state index contributed by atoms with van der Waals surface area (Å²) in [7, 11) is -3.51. The lowest BCUT2D eigenvalue weighted by atomic mass is 9.78. The van der Waals surface area contributed by atoms with Crippen molar-refractivity contribution in [3.05, 3.63) is 35.1 Å².